The first-order chi connectivity index (χ1) is 6.87. The van der Waals surface area contributed by atoms with Crippen molar-refractivity contribution in [2.75, 3.05) is 19.4 Å². The molecule has 0 aromatic rings. The van der Waals surface area contributed by atoms with Gasteiger partial charge < -0.3 is 9.84 Å². The Kier molecular flexibility index (Phi) is 6.46. The van der Waals surface area contributed by atoms with Gasteiger partial charge in [0.1, 0.15) is 0 Å². The minimum Gasteiger partial charge on any atom is -0.469 e. The second kappa shape index (κ2) is 6.76. The van der Waals surface area contributed by atoms with Crippen LogP contribution < -0.4 is 4.72 Å². The predicted octanol–water partition coefficient (Wildman–Crippen LogP) is -0.760. The summed E-state index contributed by atoms with van der Waals surface area (Å²) in [7, 11) is -2.15. The fourth-order valence-corrected chi connectivity index (χ4v) is 1.99. The summed E-state index contributed by atoms with van der Waals surface area (Å²) in [5, 5.41) is 8.87. The number of aliphatic hydroxyl groups is 1. The molecule has 0 aliphatic heterocycles. The SMILES string of the molecule is COC(=O)CCCS(=O)(=O)NCC(C)O. The summed E-state index contributed by atoms with van der Waals surface area (Å²) in [4.78, 5) is 10.7. The number of sulfonamides is 1. The third kappa shape index (κ3) is 8.34. The molecule has 0 amide bonds. The number of aliphatic hydroxyl groups excluding tert-OH is 1. The van der Waals surface area contributed by atoms with E-state index in [2.05, 4.69) is 9.46 Å². The minimum absolute atomic E-state index is 0.0133. The standard InChI is InChI=1S/C8H17NO5S/c1-7(10)6-9-15(12,13)5-3-4-8(11)14-2/h7,9-10H,3-6H2,1-2H3. The summed E-state index contributed by atoms with van der Waals surface area (Å²) in [6.45, 7) is 1.47. The van der Waals surface area contributed by atoms with Gasteiger partial charge in [-0.2, -0.15) is 0 Å². The zero-order chi connectivity index (χ0) is 11.9. The molecule has 0 spiro atoms. The van der Waals surface area contributed by atoms with Gasteiger partial charge in [-0.15, -0.1) is 0 Å². The van der Waals surface area contributed by atoms with Crippen molar-refractivity contribution in [3.05, 3.63) is 0 Å². The summed E-state index contributed by atoms with van der Waals surface area (Å²) in [5.41, 5.74) is 0. The Morgan fingerprint density at radius 2 is 2.13 bits per heavy atom. The Bertz CT molecular complexity index is 285. The zero-order valence-electron chi connectivity index (χ0n) is 8.89. The van der Waals surface area contributed by atoms with E-state index in [1.165, 1.54) is 14.0 Å². The molecule has 0 heterocycles. The fraction of sp³-hybridized carbons (Fsp3) is 0.875. The molecule has 0 rings (SSSR count). The number of carbonyl (C=O) groups is 1. The molecule has 0 aliphatic carbocycles. The van der Waals surface area contributed by atoms with E-state index in [0.29, 0.717) is 0 Å². The number of methoxy groups -OCH3 is 1. The lowest BCUT2D eigenvalue weighted by Gasteiger charge is -2.07. The summed E-state index contributed by atoms with van der Waals surface area (Å²) in [5.74, 6) is -0.574. The van der Waals surface area contributed by atoms with E-state index in [-0.39, 0.29) is 25.1 Å². The van der Waals surface area contributed by atoms with Gasteiger partial charge in [0.15, 0.2) is 0 Å². The van der Waals surface area contributed by atoms with Crippen molar-refractivity contribution in [1.29, 1.82) is 0 Å². The molecular weight excluding hydrogens is 222 g/mol. The highest BCUT2D eigenvalue weighted by Crippen LogP contribution is 1.96. The van der Waals surface area contributed by atoms with Gasteiger partial charge >= 0.3 is 5.97 Å². The van der Waals surface area contributed by atoms with Gasteiger partial charge in [-0.05, 0) is 13.3 Å². The quantitative estimate of drug-likeness (QED) is 0.570. The van der Waals surface area contributed by atoms with E-state index in [4.69, 9.17) is 5.11 Å². The van der Waals surface area contributed by atoms with Gasteiger partial charge in [0.2, 0.25) is 10.0 Å². The normalized spacial score (nSPS) is 13.5. The van der Waals surface area contributed by atoms with Crippen LogP contribution in [-0.4, -0.2) is 45.0 Å². The van der Waals surface area contributed by atoms with Gasteiger partial charge in [-0.1, -0.05) is 0 Å². The molecule has 0 aromatic carbocycles. The molecule has 0 saturated heterocycles. The first-order valence-electron chi connectivity index (χ1n) is 4.59. The van der Waals surface area contributed by atoms with Crippen molar-refractivity contribution < 1.29 is 23.1 Å². The van der Waals surface area contributed by atoms with E-state index < -0.39 is 22.1 Å². The van der Waals surface area contributed by atoms with Crippen molar-refractivity contribution in [3.8, 4) is 0 Å². The highest BCUT2D eigenvalue weighted by Gasteiger charge is 2.11. The van der Waals surface area contributed by atoms with Crippen LogP contribution in [0.3, 0.4) is 0 Å². The highest BCUT2D eigenvalue weighted by atomic mass is 32.2. The molecule has 0 aromatic heterocycles. The van der Waals surface area contributed by atoms with E-state index in [1.807, 2.05) is 0 Å². The molecule has 15 heavy (non-hydrogen) atoms. The third-order valence-corrected chi connectivity index (χ3v) is 3.05. The number of hydrogen-bond acceptors (Lipinski definition) is 5. The summed E-state index contributed by atoms with van der Waals surface area (Å²) >= 11 is 0. The molecule has 1 atom stereocenters. The second-order valence-electron chi connectivity index (χ2n) is 3.20. The van der Waals surface area contributed by atoms with Crippen LogP contribution in [0.2, 0.25) is 0 Å². The van der Waals surface area contributed by atoms with Gasteiger partial charge in [0.25, 0.3) is 0 Å². The van der Waals surface area contributed by atoms with Gasteiger partial charge in [-0.25, -0.2) is 13.1 Å². The average Bonchev–Trinajstić information content (AvgIpc) is 2.14. The Balaban J connectivity index is 3.80. The molecule has 0 bridgehead atoms. The van der Waals surface area contributed by atoms with Crippen LogP contribution in [0.15, 0.2) is 0 Å². The van der Waals surface area contributed by atoms with Crippen LogP contribution in [0.1, 0.15) is 19.8 Å². The number of hydrogen-bond donors (Lipinski definition) is 2. The van der Waals surface area contributed by atoms with Gasteiger partial charge in [0, 0.05) is 13.0 Å². The van der Waals surface area contributed by atoms with Crippen molar-refractivity contribution in [3.63, 3.8) is 0 Å². The molecular formula is C8H17NO5S. The molecule has 0 saturated carbocycles. The number of ether oxygens (including phenoxy) is 1. The predicted molar refractivity (Wildman–Crippen MR) is 54.7 cm³/mol. The number of esters is 1. The molecule has 2 N–H and O–H groups in total. The van der Waals surface area contributed by atoms with Crippen molar-refractivity contribution >= 4 is 16.0 Å². The van der Waals surface area contributed by atoms with Crippen LogP contribution in [-0.2, 0) is 19.6 Å². The lowest BCUT2D eigenvalue weighted by Crippen LogP contribution is -2.32. The molecule has 1 unspecified atom stereocenters. The summed E-state index contributed by atoms with van der Waals surface area (Å²) in [6.07, 6.45) is -0.436. The first kappa shape index (κ1) is 14.3. The van der Waals surface area contributed by atoms with Crippen molar-refractivity contribution in [1.82, 2.24) is 4.72 Å². The van der Waals surface area contributed by atoms with E-state index in [1.54, 1.807) is 0 Å². The maximum Gasteiger partial charge on any atom is 0.305 e. The highest BCUT2D eigenvalue weighted by molar-refractivity contribution is 7.89. The number of rotatable bonds is 7. The van der Waals surface area contributed by atoms with Crippen LogP contribution in [0.4, 0.5) is 0 Å². The Morgan fingerprint density at radius 3 is 2.60 bits per heavy atom. The molecule has 6 nitrogen and oxygen atoms in total. The second-order valence-corrected chi connectivity index (χ2v) is 5.12. The monoisotopic (exact) mass is 239 g/mol. The Labute approximate surface area is 89.7 Å². The Morgan fingerprint density at radius 1 is 1.53 bits per heavy atom. The lowest BCUT2D eigenvalue weighted by atomic mass is 10.3. The van der Waals surface area contributed by atoms with Gasteiger partial charge in [0.05, 0.1) is 19.0 Å². The molecule has 90 valence electrons. The first-order valence-corrected chi connectivity index (χ1v) is 6.25. The third-order valence-electron chi connectivity index (χ3n) is 1.62. The smallest absolute Gasteiger partial charge is 0.305 e. The molecule has 7 heteroatoms. The summed E-state index contributed by atoms with van der Waals surface area (Å²) < 4.78 is 29.1. The van der Waals surface area contributed by atoms with Crippen LogP contribution >= 0.6 is 0 Å². The maximum atomic E-state index is 11.2. The zero-order valence-corrected chi connectivity index (χ0v) is 9.71. The maximum absolute atomic E-state index is 11.2. The largest absolute Gasteiger partial charge is 0.469 e. The van der Waals surface area contributed by atoms with Crippen LogP contribution in [0.25, 0.3) is 0 Å². The van der Waals surface area contributed by atoms with Crippen LogP contribution in [0.5, 0.6) is 0 Å². The average molecular weight is 239 g/mol. The van der Waals surface area contributed by atoms with E-state index in [0.717, 1.165) is 0 Å². The molecule has 0 radical (unpaired) electrons. The van der Waals surface area contributed by atoms with Gasteiger partial charge in [-0.3, -0.25) is 4.79 Å². The minimum atomic E-state index is -3.40. The lowest BCUT2D eigenvalue weighted by molar-refractivity contribution is -0.140. The fourth-order valence-electron chi connectivity index (χ4n) is 0.828. The topological polar surface area (TPSA) is 92.7 Å². The number of nitrogens with one attached hydrogen (secondary N) is 1. The van der Waals surface area contributed by atoms with E-state index >= 15 is 0 Å². The Hall–Kier alpha value is -0.660. The molecule has 0 fully saturated rings. The van der Waals surface area contributed by atoms with Crippen LogP contribution in [0, 0.1) is 0 Å². The van der Waals surface area contributed by atoms with Crippen molar-refractivity contribution in [2.24, 2.45) is 0 Å². The molecule has 0 aliphatic rings. The van der Waals surface area contributed by atoms with Crippen molar-refractivity contribution in [2.45, 2.75) is 25.9 Å². The summed E-state index contributed by atoms with van der Waals surface area (Å²) in [6, 6.07) is 0. The van der Waals surface area contributed by atoms with E-state index in [9.17, 15) is 13.2 Å². The number of carbonyl (C=O) groups excluding carboxylic acids is 1.